The summed E-state index contributed by atoms with van der Waals surface area (Å²) in [5.74, 6) is 0.434. The molecule has 1 aromatic carbocycles. The van der Waals surface area contributed by atoms with E-state index in [0.29, 0.717) is 6.54 Å². The van der Waals surface area contributed by atoms with E-state index in [1.807, 2.05) is 83.6 Å². The zero-order valence-electron chi connectivity index (χ0n) is 22.2. The number of hydrogen-bond acceptors (Lipinski definition) is 5. The van der Waals surface area contributed by atoms with Crippen molar-refractivity contribution in [1.29, 1.82) is 0 Å². The van der Waals surface area contributed by atoms with Gasteiger partial charge >= 0.3 is 13.2 Å². The average molecular weight is 496 g/mol. The third-order valence-corrected chi connectivity index (χ3v) is 7.69. The van der Waals surface area contributed by atoms with Crippen molar-refractivity contribution in [2.45, 2.75) is 77.7 Å². The fourth-order valence-electron chi connectivity index (χ4n) is 4.84. The molecule has 2 unspecified atom stereocenters. The van der Waals surface area contributed by atoms with Gasteiger partial charge in [-0.25, -0.2) is 9.78 Å². The molecule has 2 aliphatic heterocycles. The Hall–Kier alpha value is -2.85. The highest BCUT2D eigenvalue weighted by molar-refractivity contribution is 6.62. The van der Waals surface area contributed by atoms with Gasteiger partial charge in [-0.15, -0.1) is 0 Å². The third-order valence-electron chi connectivity index (χ3n) is 7.69. The molecule has 1 aromatic heterocycles. The van der Waals surface area contributed by atoms with Gasteiger partial charge in [0.15, 0.2) is 0 Å². The Kier molecular flexibility index (Phi) is 6.96. The van der Waals surface area contributed by atoms with E-state index in [1.165, 1.54) is 0 Å². The summed E-state index contributed by atoms with van der Waals surface area (Å²) in [5.41, 5.74) is 1.93. The van der Waals surface area contributed by atoms with E-state index in [1.54, 1.807) is 4.90 Å². The van der Waals surface area contributed by atoms with Crippen LogP contribution in [0.1, 0.15) is 66.3 Å². The summed E-state index contributed by atoms with van der Waals surface area (Å²) in [4.78, 5) is 31.2. The number of carboxylic acid groups (broad SMARTS) is 1. The van der Waals surface area contributed by atoms with Gasteiger partial charge in [-0.1, -0.05) is 38.1 Å². The van der Waals surface area contributed by atoms with Crippen LogP contribution in [0.2, 0.25) is 0 Å². The van der Waals surface area contributed by atoms with Crippen LogP contribution < -0.4 is 10.8 Å². The van der Waals surface area contributed by atoms with Crippen LogP contribution in [-0.2, 0) is 21.2 Å². The Morgan fingerprint density at radius 2 is 1.75 bits per heavy atom. The van der Waals surface area contributed by atoms with Crippen molar-refractivity contribution in [1.82, 2.24) is 19.8 Å². The van der Waals surface area contributed by atoms with Gasteiger partial charge in [0.05, 0.1) is 22.9 Å². The molecular weight excluding hydrogens is 459 g/mol. The highest BCUT2D eigenvalue weighted by Gasteiger charge is 2.51. The molecule has 9 nitrogen and oxygen atoms in total. The second-order valence-corrected chi connectivity index (χ2v) is 11.2. The highest BCUT2D eigenvalue weighted by atomic mass is 16.7. The van der Waals surface area contributed by atoms with Crippen LogP contribution >= 0.6 is 0 Å². The maximum absolute atomic E-state index is 13.3. The first-order chi connectivity index (χ1) is 16.8. The number of carbonyl (C=O) groups excluding carboxylic acids is 1. The summed E-state index contributed by atoms with van der Waals surface area (Å²) in [5, 5.41) is 11.6. The Morgan fingerprint density at radius 3 is 2.31 bits per heavy atom. The molecule has 0 radical (unpaired) electrons. The van der Waals surface area contributed by atoms with Gasteiger partial charge in [-0.3, -0.25) is 4.79 Å². The maximum Gasteiger partial charge on any atom is 0.494 e. The molecule has 2 amide bonds. The molecule has 2 N–H and O–H groups in total. The second kappa shape index (κ2) is 9.55. The molecule has 0 spiro atoms. The van der Waals surface area contributed by atoms with Gasteiger partial charge in [-0.05, 0) is 51.9 Å². The smallest absolute Gasteiger partial charge is 0.465 e. The lowest BCUT2D eigenvalue weighted by Crippen LogP contribution is -2.50. The molecule has 10 heteroatoms. The lowest BCUT2D eigenvalue weighted by Gasteiger charge is -2.32. The van der Waals surface area contributed by atoms with Crippen LogP contribution in [0.3, 0.4) is 0 Å². The van der Waals surface area contributed by atoms with Crippen molar-refractivity contribution < 1.29 is 24.0 Å². The first-order valence-electron chi connectivity index (χ1n) is 12.6. The summed E-state index contributed by atoms with van der Waals surface area (Å²) < 4.78 is 14.3. The molecule has 3 heterocycles. The zero-order valence-corrected chi connectivity index (χ0v) is 22.2. The molecule has 0 saturated carbocycles. The molecular formula is C26H37BN4O5. The number of benzene rings is 1. The van der Waals surface area contributed by atoms with Crippen LogP contribution in [0.4, 0.5) is 4.79 Å². The number of aromatic nitrogens is 2. The number of nitrogens with one attached hydrogen (secondary N) is 1. The molecule has 0 aliphatic carbocycles. The predicted octanol–water partition coefficient (Wildman–Crippen LogP) is 3.34. The largest absolute Gasteiger partial charge is 0.494 e. The number of amides is 2. The number of hydrogen-bond donors (Lipinski definition) is 2. The van der Waals surface area contributed by atoms with Crippen molar-refractivity contribution in [3.8, 4) is 11.3 Å². The maximum atomic E-state index is 13.3. The van der Waals surface area contributed by atoms with Crippen molar-refractivity contribution in [3.05, 3.63) is 36.3 Å². The number of nitrogens with zero attached hydrogens (tertiary/aromatic N) is 3. The minimum atomic E-state index is -1.19. The van der Waals surface area contributed by atoms with Crippen molar-refractivity contribution in [3.63, 3.8) is 0 Å². The van der Waals surface area contributed by atoms with Crippen LogP contribution in [0, 0.1) is 5.92 Å². The fourth-order valence-corrected chi connectivity index (χ4v) is 4.84. The average Bonchev–Trinajstić information content (AvgIpc) is 3.47. The van der Waals surface area contributed by atoms with E-state index in [-0.39, 0.29) is 17.9 Å². The number of rotatable bonds is 6. The van der Waals surface area contributed by atoms with E-state index >= 15 is 0 Å². The van der Waals surface area contributed by atoms with Crippen LogP contribution in [0.25, 0.3) is 11.3 Å². The van der Waals surface area contributed by atoms with E-state index in [9.17, 15) is 14.7 Å². The van der Waals surface area contributed by atoms with Crippen molar-refractivity contribution in [2.24, 2.45) is 13.0 Å². The van der Waals surface area contributed by atoms with Gasteiger partial charge in [0.1, 0.15) is 11.9 Å². The first kappa shape index (κ1) is 26.2. The predicted molar refractivity (Wildman–Crippen MR) is 138 cm³/mol. The van der Waals surface area contributed by atoms with E-state index < -0.39 is 30.5 Å². The number of likely N-dealkylation sites (tertiary alicyclic amines) is 1. The SMILES string of the molecule is CC(C)C(NC(=O)O)C(=O)N1CCCC1c1nc(-c2ccc(B3OC(C)(C)C(C)(C)O3)cc2)cn1C. The normalized spacial score (nSPS) is 21.7. The molecule has 2 aromatic rings. The monoisotopic (exact) mass is 496 g/mol. The lowest BCUT2D eigenvalue weighted by molar-refractivity contribution is -0.135. The van der Waals surface area contributed by atoms with E-state index in [4.69, 9.17) is 14.3 Å². The molecule has 194 valence electrons. The Labute approximate surface area is 213 Å². The Bertz CT molecular complexity index is 1110. The minimum absolute atomic E-state index is 0.158. The standard InChI is InChI=1S/C26H37BN4O5/c1-16(2)21(29-24(33)34)23(32)31-14-8-9-20(31)22-28-19(15-30(22)7)17-10-12-18(13-11-17)27-35-25(3,4)26(5,6)36-27/h10-13,15-16,20-21,29H,8-9,14H2,1-7H3,(H,33,34). The molecule has 4 rings (SSSR count). The van der Waals surface area contributed by atoms with Crippen molar-refractivity contribution in [2.75, 3.05) is 6.54 Å². The molecule has 2 atom stereocenters. The summed E-state index contributed by atoms with van der Waals surface area (Å²) in [6, 6.07) is 7.04. The fraction of sp³-hybridized carbons (Fsp3) is 0.577. The number of imidazole rings is 1. The molecule has 36 heavy (non-hydrogen) atoms. The molecule has 2 saturated heterocycles. The van der Waals surface area contributed by atoms with Crippen molar-refractivity contribution >= 4 is 24.6 Å². The summed E-state index contributed by atoms with van der Waals surface area (Å²) in [6.07, 6.45) is 2.41. The molecule has 2 fully saturated rings. The van der Waals surface area contributed by atoms with E-state index in [0.717, 1.165) is 35.4 Å². The molecule has 2 aliphatic rings. The van der Waals surface area contributed by atoms with E-state index in [2.05, 4.69) is 5.32 Å². The second-order valence-electron chi connectivity index (χ2n) is 11.2. The van der Waals surface area contributed by atoms with Gasteiger partial charge in [0.2, 0.25) is 5.91 Å². The zero-order chi connectivity index (χ0) is 26.4. The third kappa shape index (κ3) is 4.88. The van der Waals surface area contributed by atoms with Crippen LogP contribution in [0.15, 0.2) is 30.5 Å². The quantitative estimate of drug-likeness (QED) is 0.595. The van der Waals surface area contributed by atoms with Gasteiger partial charge in [0, 0.05) is 25.4 Å². The Morgan fingerprint density at radius 1 is 1.14 bits per heavy atom. The lowest BCUT2D eigenvalue weighted by atomic mass is 9.79. The summed E-state index contributed by atoms with van der Waals surface area (Å²) in [6.45, 7) is 12.4. The highest BCUT2D eigenvalue weighted by Crippen LogP contribution is 2.37. The number of aryl methyl sites for hydroxylation is 1. The van der Waals surface area contributed by atoms with Gasteiger partial charge in [0.25, 0.3) is 0 Å². The minimum Gasteiger partial charge on any atom is -0.465 e. The molecule has 0 bridgehead atoms. The van der Waals surface area contributed by atoms with Crippen LogP contribution in [-0.4, -0.2) is 62.5 Å². The van der Waals surface area contributed by atoms with Gasteiger partial charge < -0.3 is 29.2 Å². The topological polar surface area (TPSA) is 106 Å². The van der Waals surface area contributed by atoms with Crippen LogP contribution in [0.5, 0.6) is 0 Å². The summed E-state index contributed by atoms with van der Waals surface area (Å²) in [7, 11) is 1.51. The summed E-state index contributed by atoms with van der Waals surface area (Å²) >= 11 is 0. The number of carbonyl (C=O) groups is 2. The van der Waals surface area contributed by atoms with Gasteiger partial charge in [-0.2, -0.15) is 0 Å². The first-order valence-corrected chi connectivity index (χ1v) is 12.6. The Balaban J connectivity index is 1.53.